The predicted molar refractivity (Wildman–Crippen MR) is 133 cm³/mol. The van der Waals surface area contributed by atoms with Crippen LogP contribution < -0.4 is 9.47 Å². The van der Waals surface area contributed by atoms with Crippen molar-refractivity contribution in [2.45, 2.75) is 12.2 Å². The normalized spacial score (nSPS) is 15.9. The topological polar surface area (TPSA) is 134 Å². The van der Waals surface area contributed by atoms with Crippen LogP contribution in [0.25, 0.3) is 0 Å². The molecule has 10 nitrogen and oxygen atoms in total. The molecule has 2 aliphatic heterocycles. The van der Waals surface area contributed by atoms with Crippen molar-refractivity contribution in [1.29, 1.82) is 0 Å². The number of imide groups is 2. The molecule has 194 valence electrons. The van der Waals surface area contributed by atoms with Crippen molar-refractivity contribution in [2.24, 2.45) is 0 Å². The number of ether oxygens (including phenoxy) is 2. The largest absolute Gasteiger partial charge is 0.491 e. The number of carbonyl (C=O) groups excluding carboxylic acids is 4. The van der Waals surface area contributed by atoms with Crippen molar-refractivity contribution in [3.8, 4) is 11.5 Å². The van der Waals surface area contributed by atoms with Crippen LogP contribution >= 0.6 is 0 Å². The molecule has 0 spiro atoms. The molecule has 0 radical (unpaired) electrons. The van der Waals surface area contributed by atoms with Crippen molar-refractivity contribution in [2.75, 3.05) is 26.3 Å². The number of rotatable bonds is 10. The maximum absolute atomic E-state index is 12.4. The van der Waals surface area contributed by atoms with E-state index in [0.717, 1.165) is 9.80 Å². The fourth-order valence-corrected chi connectivity index (χ4v) is 4.35. The number of hydrogen-bond donors (Lipinski definition) is 2. The average Bonchev–Trinajstić information content (AvgIpc) is 3.32. The molecule has 0 unspecified atom stereocenters. The zero-order valence-corrected chi connectivity index (χ0v) is 20.1. The van der Waals surface area contributed by atoms with Crippen LogP contribution in [0.4, 0.5) is 0 Å². The fourth-order valence-electron chi connectivity index (χ4n) is 4.35. The van der Waals surface area contributed by atoms with Crippen molar-refractivity contribution in [3.63, 3.8) is 0 Å². The van der Waals surface area contributed by atoms with Gasteiger partial charge in [0.1, 0.15) is 36.9 Å². The molecule has 10 heteroatoms. The van der Waals surface area contributed by atoms with Crippen molar-refractivity contribution in [1.82, 2.24) is 9.80 Å². The van der Waals surface area contributed by atoms with Crippen LogP contribution in [0.2, 0.25) is 0 Å². The van der Waals surface area contributed by atoms with Gasteiger partial charge < -0.3 is 19.7 Å². The molecule has 3 aromatic carbocycles. The molecule has 5 rings (SSSR count). The molecular formula is C28H24N2O8. The Labute approximate surface area is 217 Å². The van der Waals surface area contributed by atoms with Crippen LogP contribution in [0.5, 0.6) is 11.5 Å². The molecule has 0 saturated heterocycles. The Kier molecular flexibility index (Phi) is 6.91. The van der Waals surface area contributed by atoms with E-state index in [0.29, 0.717) is 33.8 Å². The van der Waals surface area contributed by atoms with Gasteiger partial charge in [0.25, 0.3) is 23.6 Å². The lowest BCUT2D eigenvalue weighted by atomic mass is 10.1. The third-order valence-electron chi connectivity index (χ3n) is 6.25. The van der Waals surface area contributed by atoms with E-state index < -0.39 is 35.8 Å². The molecule has 0 aromatic heterocycles. The number of nitrogens with zero attached hydrogens (tertiary/aromatic N) is 2. The molecule has 0 saturated carbocycles. The summed E-state index contributed by atoms with van der Waals surface area (Å²) >= 11 is 0. The lowest BCUT2D eigenvalue weighted by molar-refractivity contribution is 0.0445. The van der Waals surface area contributed by atoms with E-state index in [1.165, 1.54) is 0 Å². The molecular weight excluding hydrogens is 492 g/mol. The second-order valence-electron chi connectivity index (χ2n) is 8.93. The van der Waals surface area contributed by atoms with Gasteiger partial charge in [-0.25, -0.2) is 0 Å². The minimum atomic E-state index is -1.09. The highest BCUT2D eigenvalue weighted by atomic mass is 16.5. The molecule has 2 aliphatic rings. The minimum absolute atomic E-state index is 0.146. The van der Waals surface area contributed by atoms with Gasteiger partial charge in [-0.2, -0.15) is 0 Å². The number of carbonyl (C=O) groups is 4. The van der Waals surface area contributed by atoms with Crippen LogP contribution in [0, 0.1) is 0 Å². The summed E-state index contributed by atoms with van der Waals surface area (Å²) in [7, 11) is 0. The summed E-state index contributed by atoms with van der Waals surface area (Å²) in [6, 6.07) is 19.4. The lowest BCUT2D eigenvalue weighted by Crippen LogP contribution is -2.39. The highest BCUT2D eigenvalue weighted by Crippen LogP contribution is 2.24. The van der Waals surface area contributed by atoms with E-state index in [1.54, 1.807) is 72.8 Å². The van der Waals surface area contributed by atoms with Gasteiger partial charge in [0.15, 0.2) is 0 Å². The first-order valence-corrected chi connectivity index (χ1v) is 12.0. The molecule has 0 aliphatic carbocycles. The third kappa shape index (κ3) is 4.86. The second-order valence-corrected chi connectivity index (χ2v) is 8.93. The van der Waals surface area contributed by atoms with Crippen molar-refractivity contribution >= 4 is 23.6 Å². The maximum atomic E-state index is 12.4. The summed E-state index contributed by atoms with van der Waals surface area (Å²) in [4.78, 5) is 51.7. The van der Waals surface area contributed by atoms with Gasteiger partial charge in [0.05, 0.1) is 35.3 Å². The zero-order valence-electron chi connectivity index (χ0n) is 20.1. The molecule has 3 aromatic rings. The van der Waals surface area contributed by atoms with E-state index in [4.69, 9.17) is 9.47 Å². The van der Waals surface area contributed by atoms with Crippen LogP contribution in [-0.2, 0) is 0 Å². The Bertz CT molecular complexity index is 1230. The van der Waals surface area contributed by atoms with E-state index in [-0.39, 0.29) is 26.3 Å². The molecule has 4 amide bonds. The number of aliphatic hydroxyl groups excluding tert-OH is 2. The number of amides is 4. The number of hydrogen-bond acceptors (Lipinski definition) is 8. The van der Waals surface area contributed by atoms with Gasteiger partial charge in [-0.3, -0.25) is 29.0 Å². The van der Waals surface area contributed by atoms with E-state index >= 15 is 0 Å². The molecule has 0 bridgehead atoms. The van der Waals surface area contributed by atoms with E-state index in [2.05, 4.69) is 0 Å². The number of benzene rings is 3. The summed E-state index contributed by atoms with van der Waals surface area (Å²) in [5, 5.41) is 20.6. The monoisotopic (exact) mass is 516 g/mol. The summed E-state index contributed by atoms with van der Waals surface area (Å²) in [6.07, 6.45) is -2.18. The highest BCUT2D eigenvalue weighted by molar-refractivity contribution is 6.22. The van der Waals surface area contributed by atoms with Crippen LogP contribution in [0.15, 0.2) is 72.8 Å². The number of fused-ring (bicyclic) bond motifs is 2. The third-order valence-corrected chi connectivity index (χ3v) is 6.25. The summed E-state index contributed by atoms with van der Waals surface area (Å²) < 4.78 is 11.1. The Hall–Kier alpha value is -4.54. The highest BCUT2D eigenvalue weighted by Gasteiger charge is 2.37. The van der Waals surface area contributed by atoms with Gasteiger partial charge in [-0.15, -0.1) is 0 Å². The molecule has 38 heavy (non-hydrogen) atoms. The van der Waals surface area contributed by atoms with Gasteiger partial charge >= 0.3 is 0 Å². The predicted octanol–water partition coefficient (Wildman–Crippen LogP) is 1.76. The minimum Gasteiger partial charge on any atom is -0.491 e. The lowest BCUT2D eigenvalue weighted by Gasteiger charge is -2.19. The van der Waals surface area contributed by atoms with Gasteiger partial charge in [-0.1, -0.05) is 24.3 Å². The number of aliphatic hydroxyl groups is 2. The summed E-state index contributed by atoms with van der Waals surface area (Å²) in [5.41, 5.74) is 1.26. The van der Waals surface area contributed by atoms with Crippen LogP contribution in [-0.4, -0.2) is 82.2 Å². The SMILES string of the molecule is O=C1c2ccccc2C(=O)N1C[C@H](O)COc1ccc(OC[C@@H](O)CN2C(=O)c3ccccc3C2=O)cc1. The molecule has 2 heterocycles. The van der Waals surface area contributed by atoms with Gasteiger partial charge in [0.2, 0.25) is 0 Å². The Morgan fingerprint density at radius 1 is 0.526 bits per heavy atom. The van der Waals surface area contributed by atoms with Crippen molar-refractivity contribution < 1.29 is 38.9 Å². The van der Waals surface area contributed by atoms with E-state index in [9.17, 15) is 29.4 Å². The van der Waals surface area contributed by atoms with Crippen LogP contribution in [0.1, 0.15) is 41.4 Å². The maximum Gasteiger partial charge on any atom is 0.261 e. The Morgan fingerprint density at radius 2 is 0.816 bits per heavy atom. The second kappa shape index (κ2) is 10.4. The molecule has 2 atom stereocenters. The standard InChI is InChI=1S/C28H24N2O8/c31-17(13-29-25(33)21-5-1-2-6-22(21)26(29)34)15-37-19-9-11-20(12-10-19)38-16-18(32)14-30-27(35)23-7-3-4-8-24(23)28(30)36/h1-12,17-18,31-32H,13-16H2/t17-,18-/m0/s1. The summed E-state index contributed by atoms with van der Waals surface area (Å²) in [6.45, 7) is -0.684. The Morgan fingerprint density at radius 3 is 1.11 bits per heavy atom. The van der Waals surface area contributed by atoms with E-state index in [1.807, 2.05) is 0 Å². The van der Waals surface area contributed by atoms with Crippen LogP contribution in [0.3, 0.4) is 0 Å². The molecule has 2 N–H and O–H groups in total. The first-order valence-electron chi connectivity index (χ1n) is 12.0. The van der Waals surface area contributed by atoms with Crippen molar-refractivity contribution in [3.05, 3.63) is 95.1 Å². The molecule has 0 fully saturated rings. The van der Waals surface area contributed by atoms with Gasteiger partial charge in [-0.05, 0) is 48.5 Å². The quantitative estimate of drug-likeness (QED) is 0.390. The smallest absolute Gasteiger partial charge is 0.261 e. The average molecular weight is 517 g/mol. The fraction of sp³-hybridized carbons (Fsp3) is 0.214. The zero-order chi connectivity index (χ0) is 26.8. The Balaban J connectivity index is 1.07. The first-order chi connectivity index (χ1) is 18.3. The van der Waals surface area contributed by atoms with Gasteiger partial charge in [0, 0.05) is 0 Å². The summed E-state index contributed by atoms with van der Waals surface area (Å²) in [5.74, 6) is -0.948. The first kappa shape index (κ1) is 25.1. The number of β-amino-alcohol motifs (C(OH)–C–C–N with tert-alkyl or cyclic N) is 2.